The number of thioether (sulfide) groups is 2. The average molecular weight is 408 g/mol. The first-order valence-electron chi connectivity index (χ1n) is 7.72. The van der Waals surface area contributed by atoms with Gasteiger partial charge in [0.2, 0.25) is 5.75 Å². The van der Waals surface area contributed by atoms with Crippen LogP contribution in [0.15, 0.2) is 55.4 Å². The standard InChI is InChI=1S/C18H16O7S2/c1-23-18(22)12-16(26-8-10-4-2-6-24-10)14(20)13(19)15(21)17(12)27-9-11-5-3-7-25-11/h2-7,19-21H,8-9H2,1H3. The minimum absolute atomic E-state index is 0.0292. The zero-order chi connectivity index (χ0) is 19.4. The Kier molecular flexibility index (Phi) is 5.92. The molecule has 0 unspecified atom stereocenters. The molecule has 0 bridgehead atoms. The van der Waals surface area contributed by atoms with Crippen LogP contribution in [0, 0.1) is 0 Å². The number of furan rings is 2. The largest absolute Gasteiger partial charge is 0.503 e. The molecule has 7 nitrogen and oxygen atoms in total. The number of hydrogen-bond acceptors (Lipinski definition) is 9. The monoisotopic (exact) mass is 408 g/mol. The number of benzene rings is 1. The summed E-state index contributed by atoms with van der Waals surface area (Å²) in [6.45, 7) is 0. The van der Waals surface area contributed by atoms with Gasteiger partial charge in [-0.1, -0.05) is 0 Å². The maximum absolute atomic E-state index is 12.4. The van der Waals surface area contributed by atoms with Gasteiger partial charge in [-0.25, -0.2) is 4.79 Å². The summed E-state index contributed by atoms with van der Waals surface area (Å²) >= 11 is 2.17. The Hall–Kier alpha value is -2.65. The van der Waals surface area contributed by atoms with Gasteiger partial charge >= 0.3 is 5.97 Å². The molecule has 0 radical (unpaired) electrons. The van der Waals surface area contributed by atoms with E-state index in [2.05, 4.69) is 0 Å². The molecule has 3 rings (SSSR count). The second-order valence-electron chi connectivity index (χ2n) is 5.31. The Bertz CT molecular complexity index is 853. The van der Waals surface area contributed by atoms with Crippen molar-refractivity contribution in [1.82, 2.24) is 0 Å². The van der Waals surface area contributed by atoms with Crippen LogP contribution in [0.3, 0.4) is 0 Å². The summed E-state index contributed by atoms with van der Waals surface area (Å²) in [5.74, 6) is -0.788. The van der Waals surface area contributed by atoms with Crippen molar-refractivity contribution in [2.24, 2.45) is 0 Å². The Morgan fingerprint density at radius 2 is 1.41 bits per heavy atom. The van der Waals surface area contributed by atoms with Gasteiger partial charge in [0.1, 0.15) is 11.5 Å². The van der Waals surface area contributed by atoms with Crippen molar-refractivity contribution in [3.63, 3.8) is 0 Å². The first-order valence-corrected chi connectivity index (χ1v) is 9.69. The summed E-state index contributed by atoms with van der Waals surface area (Å²) < 4.78 is 15.3. The van der Waals surface area contributed by atoms with Crippen LogP contribution in [0.4, 0.5) is 0 Å². The molecule has 2 aromatic heterocycles. The SMILES string of the molecule is COC(=O)c1c(SCc2ccco2)c(O)c(O)c(O)c1SCc1ccco1. The topological polar surface area (TPSA) is 113 Å². The van der Waals surface area contributed by atoms with Crippen LogP contribution in [0.2, 0.25) is 0 Å². The first-order chi connectivity index (χ1) is 13.0. The Morgan fingerprint density at radius 1 is 0.926 bits per heavy atom. The Balaban J connectivity index is 2.02. The molecule has 3 N–H and O–H groups in total. The predicted octanol–water partition coefficient (Wildman–Crippen LogP) is 4.36. The van der Waals surface area contributed by atoms with E-state index in [0.29, 0.717) is 23.0 Å². The molecule has 0 atom stereocenters. The number of esters is 1. The highest BCUT2D eigenvalue weighted by Crippen LogP contribution is 2.52. The number of methoxy groups -OCH3 is 1. The lowest BCUT2D eigenvalue weighted by Gasteiger charge is -2.16. The van der Waals surface area contributed by atoms with Gasteiger partial charge < -0.3 is 28.9 Å². The number of hydrogen-bond donors (Lipinski definition) is 3. The Morgan fingerprint density at radius 3 is 1.78 bits per heavy atom. The van der Waals surface area contributed by atoms with Crippen molar-refractivity contribution in [3.05, 3.63) is 53.9 Å². The molecule has 0 fully saturated rings. The normalized spacial score (nSPS) is 10.9. The highest BCUT2D eigenvalue weighted by atomic mass is 32.2. The molecule has 1 aromatic carbocycles. The molecule has 0 aliphatic rings. The highest BCUT2D eigenvalue weighted by molar-refractivity contribution is 7.99. The molecule has 27 heavy (non-hydrogen) atoms. The van der Waals surface area contributed by atoms with Crippen LogP contribution in [-0.2, 0) is 16.2 Å². The Labute approximate surface area is 162 Å². The summed E-state index contributed by atoms with van der Waals surface area (Å²) in [6.07, 6.45) is 3.02. The fraction of sp³-hybridized carbons (Fsp3) is 0.167. The number of phenols is 3. The van der Waals surface area contributed by atoms with E-state index in [1.807, 2.05) is 0 Å². The maximum atomic E-state index is 12.4. The molecule has 0 spiro atoms. The fourth-order valence-corrected chi connectivity index (χ4v) is 4.40. The highest BCUT2D eigenvalue weighted by Gasteiger charge is 2.29. The van der Waals surface area contributed by atoms with E-state index in [1.165, 1.54) is 19.6 Å². The molecule has 142 valence electrons. The van der Waals surface area contributed by atoms with Crippen molar-refractivity contribution in [2.75, 3.05) is 7.11 Å². The zero-order valence-electron chi connectivity index (χ0n) is 14.2. The lowest BCUT2D eigenvalue weighted by atomic mass is 10.1. The molecular weight excluding hydrogens is 392 g/mol. The summed E-state index contributed by atoms with van der Waals surface area (Å²) in [6, 6.07) is 6.93. The van der Waals surface area contributed by atoms with Crippen LogP contribution >= 0.6 is 23.5 Å². The van der Waals surface area contributed by atoms with Crippen molar-refractivity contribution in [2.45, 2.75) is 21.3 Å². The van der Waals surface area contributed by atoms with Gasteiger partial charge in [-0.15, -0.1) is 23.5 Å². The number of carbonyl (C=O) groups is 1. The molecule has 2 heterocycles. The first kappa shape index (κ1) is 19.1. The average Bonchev–Trinajstić information content (AvgIpc) is 3.37. The number of phenolic OH excluding ortho intramolecular Hbond substituents is 3. The van der Waals surface area contributed by atoms with E-state index in [4.69, 9.17) is 13.6 Å². The third kappa shape index (κ3) is 4.04. The van der Waals surface area contributed by atoms with Gasteiger partial charge in [0.25, 0.3) is 0 Å². The van der Waals surface area contributed by atoms with Crippen molar-refractivity contribution in [3.8, 4) is 17.2 Å². The fourth-order valence-electron chi connectivity index (χ4n) is 2.31. The third-order valence-corrected chi connectivity index (χ3v) is 5.83. The summed E-state index contributed by atoms with van der Waals surface area (Å²) in [4.78, 5) is 12.6. The van der Waals surface area contributed by atoms with Gasteiger partial charge in [-0.05, 0) is 24.3 Å². The molecular formula is C18H16O7S2. The molecule has 9 heteroatoms. The van der Waals surface area contributed by atoms with Gasteiger partial charge in [0.05, 0.1) is 46.5 Å². The smallest absolute Gasteiger partial charge is 0.340 e. The van der Waals surface area contributed by atoms with E-state index < -0.39 is 23.2 Å². The number of aromatic hydroxyl groups is 3. The minimum Gasteiger partial charge on any atom is -0.503 e. The summed E-state index contributed by atoms with van der Waals surface area (Å²) in [5.41, 5.74) is -0.0292. The number of carbonyl (C=O) groups excluding carboxylic acids is 1. The number of rotatable bonds is 7. The van der Waals surface area contributed by atoms with Crippen LogP contribution < -0.4 is 0 Å². The minimum atomic E-state index is -0.746. The maximum Gasteiger partial charge on any atom is 0.340 e. The molecule has 0 amide bonds. The van der Waals surface area contributed by atoms with Gasteiger partial charge in [-0.3, -0.25) is 0 Å². The van der Waals surface area contributed by atoms with E-state index in [0.717, 1.165) is 23.5 Å². The summed E-state index contributed by atoms with van der Waals surface area (Å²) in [7, 11) is 1.20. The second-order valence-corrected chi connectivity index (χ2v) is 7.28. The lowest BCUT2D eigenvalue weighted by molar-refractivity contribution is 0.0590. The predicted molar refractivity (Wildman–Crippen MR) is 99.3 cm³/mol. The summed E-state index contributed by atoms with van der Waals surface area (Å²) in [5, 5.41) is 30.8. The van der Waals surface area contributed by atoms with E-state index in [-0.39, 0.29) is 15.4 Å². The van der Waals surface area contributed by atoms with E-state index in [1.54, 1.807) is 24.3 Å². The quantitative estimate of drug-likeness (QED) is 0.298. The third-order valence-electron chi connectivity index (χ3n) is 3.60. The van der Waals surface area contributed by atoms with Crippen molar-refractivity contribution in [1.29, 1.82) is 0 Å². The second kappa shape index (κ2) is 8.36. The zero-order valence-corrected chi connectivity index (χ0v) is 15.8. The van der Waals surface area contributed by atoms with Gasteiger partial charge in [-0.2, -0.15) is 0 Å². The van der Waals surface area contributed by atoms with Crippen LogP contribution in [0.5, 0.6) is 17.2 Å². The van der Waals surface area contributed by atoms with Crippen LogP contribution in [-0.4, -0.2) is 28.4 Å². The van der Waals surface area contributed by atoms with Crippen LogP contribution in [0.25, 0.3) is 0 Å². The lowest BCUT2D eigenvalue weighted by Crippen LogP contribution is -2.06. The number of ether oxygens (including phenoxy) is 1. The molecule has 3 aromatic rings. The van der Waals surface area contributed by atoms with E-state index >= 15 is 0 Å². The molecule has 0 aliphatic carbocycles. The molecule has 0 saturated heterocycles. The van der Waals surface area contributed by atoms with Crippen molar-refractivity contribution >= 4 is 29.5 Å². The van der Waals surface area contributed by atoms with Gasteiger partial charge in [0, 0.05) is 0 Å². The van der Waals surface area contributed by atoms with Gasteiger partial charge in [0.15, 0.2) is 11.5 Å². The molecule has 0 saturated carbocycles. The van der Waals surface area contributed by atoms with E-state index in [9.17, 15) is 20.1 Å². The van der Waals surface area contributed by atoms with Crippen molar-refractivity contribution < 1.29 is 33.7 Å². The van der Waals surface area contributed by atoms with Crippen LogP contribution in [0.1, 0.15) is 21.9 Å². The molecule has 0 aliphatic heterocycles.